The zero-order chi connectivity index (χ0) is 11.9. The lowest BCUT2D eigenvalue weighted by molar-refractivity contribution is 0.101. The van der Waals surface area contributed by atoms with Crippen molar-refractivity contribution in [3.8, 4) is 0 Å². The Balaban J connectivity index is 0.00000162. The van der Waals surface area contributed by atoms with Gasteiger partial charge in [-0.2, -0.15) is 0 Å². The quantitative estimate of drug-likeness (QED) is 0.688. The summed E-state index contributed by atoms with van der Waals surface area (Å²) in [6.45, 7) is 6.69. The smallest absolute Gasteiger partial charge is 0.0593 e. The lowest BCUT2D eigenvalue weighted by Crippen LogP contribution is -2.31. The number of nitrogens with one attached hydrogen (secondary N) is 1. The SMILES string of the molecule is CN(CCOCC1CC1)CCC1CCNCC1.Cl. The topological polar surface area (TPSA) is 24.5 Å². The molecule has 4 heteroatoms. The molecule has 3 nitrogen and oxygen atoms in total. The summed E-state index contributed by atoms with van der Waals surface area (Å²) in [5.74, 6) is 1.85. The molecule has 1 N–H and O–H groups in total. The van der Waals surface area contributed by atoms with Crippen molar-refractivity contribution < 1.29 is 4.74 Å². The Bertz CT molecular complexity index is 206. The molecular weight excluding hydrogens is 248 g/mol. The van der Waals surface area contributed by atoms with Crippen LogP contribution in [-0.2, 0) is 4.74 Å². The molecule has 0 amide bonds. The van der Waals surface area contributed by atoms with Crippen LogP contribution in [0.25, 0.3) is 0 Å². The maximum absolute atomic E-state index is 5.67. The van der Waals surface area contributed by atoms with Crippen LogP contribution in [0.4, 0.5) is 0 Å². The molecule has 108 valence electrons. The van der Waals surface area contributed by atoms with Gasteiger partial charge in [0.05, 0.1) is 6.61 Å². The van der Waals surface area contributed by atoms with Gasteiger partial charge in [0.2, 0.25) is 0 Å². The van der Waals surface area contributed by atoms with Crippen LogP contribution in [-0.4, -0.2) is 51.3 Å². The Kier molecular flexibility index (Phi) is 8.23. The highest BCUT2D eigenvalue weighted by atomic mass is 35.5. The van der Waals surface area contributed by atoms with Crippen molar-refractivity contribution >= 4 is 12.4 Å². The summed E-state index contributed by atoms with van der Waals surface area (Å²) in [5, 5.41) is 3.43. The summed E-state index contributed by atoms with van der Waals surface area (Å²) in [7, 11) is 2.22. The van der Waals surface area contributed by atoms with Crippen LogP contribution in [0.2, 0.25) is 0 Å². The van der Waals surface area contributed by atoms with Gasteiger partial charge in [-0.05, 0) is 70.6 Å². The first-order chi connectivity index (χ1) is 8.34. The van der Waals surface area contributed by atoms with Gasteiger partial charge in [-0.1, -0.05) is 0 Å². The van der Waals surface area contributed by atoms with Crippen LogP contribution in [0.3, 0.4) is 0 Å². The van der Waals surface area contributed by atoms with Gasteiger partial charge in [0.1, 0.15) is 0 Å². The molecule has 0 radical (unpaired) electrons. The highest BCUT2D eigenvalue weighted by molar-refractivity contribution is 5.85. The number of hydrogen-bond donors (Lipinski definition) is 1. The van der Waals surface area contributed by atoms with Crippen LogP contribution in [0.15, 0.2) is 0 Å². The number of ether oxygens (including phenoxy) is 1. The van der Waals surface area contributed by atoms with Gasteiger partial charge in [0.15, 0.2) is 0 Å². The summed E-state index contributed by atoms with van der Waals surface area (Å²) in [4.78, 5) is 2.43. The third kappa shape index (κ3) is 6.93. The average molecular weight is 277 g/mol. The van der Waals surface area contributed by atoms with Crippen molar-refractivity contribution in [3.05, 3.63) is 0 Å². The molecule has 18 heavy (non-hydrogen) atoms. The van der Waals surface area contributed by atoms with Crippen molar-refractivity contribution in [2.75, 3.05) is 46.4 Å². The molecular formula is C14H29ClN2O. The molecule has 0 aromatic carbocycles. The molecule has 1 saturated heterocycles. The predicted molar refractivity (Wildman–Crippen MR) is 78.5 cm³/mol. The highest BCUT2D eigenvalue weighted by Gasteiger charge is 2.21. The molecule has 0 atom stereocenters. The Labute approximate surface area is 118 Å². The molecule has 0 aromatic rings. The van der Waals surface area contributed by atoms with Crippen molar-refractivity contribution in [2.45, 2.75) is 32.1 Å². The molecule has 1 aliphatic heterocycles. The van der Waals surface area contributed by atoms with Crippen LogP contribution in [0.1, 0.15) is 32.1 Å². The monoisotopic (exact) mass is 276 g/mol. The van der Waals surface area contributed by atoms with Gasteiger partial charge in [-0.15, -0.1) is 12.4 Å². The number of hydrogen-bond acceptors (Lipinski definition) is 3. The molecule has 1 heterocycles. The molecule has 0 spiro atoms. The predicted octanol–water partition coefficient (Wildman–Crippen LogP) is 2.16. The second kappa shape index (κ2) is 9.13. The maximum Gasteiger partial charge on any atom is 0.0593 e. The minimum absolute atomic E-state index is 0. The summed E-state index contributed by atoms with van der Waals surface area (Å²) in [6.07, 6.45) is 6.88. The van der Waals surface area contributed by atoms with Crippen molar-refractivity contribution in [3.63, 3.8) is 0 Å². The van der Waals surface area contributed by atoms with E-state index < -0.39 is 0 Å². The van der Waals surface area contributed by atoms with E-state index in [1.807, 2.05) is 0 Å². The Morgan fingerprint density at radius 3 is 2.44 bits per heavy atom. The van der Waals surface area contributed by atoms with E-state index in [4.69, 9.17) is 4.74 Å². The molecule has 1 aliphatic carbocycles. The van der Waals surface area contributed by atoms with E-state index in [1.165, 1.54) is 51.7 Å². The summed E-state index contributed by atoms with van der Waals surface area (Å²) in [5.41, 5.74) is 0. The Morgan fingerprint density at radius 2 is 1.78 bits per heavy atom. The van der Waals surface area contributed by atoms with Crippen LogP contribution >= 0.6 is 12.4 Å². The van der Waals surface area contributed by atoms with E-state index in [0.717, 1.165) is 31.6 Å². The fourth-order valence-corrected chi connectivity index (χ4v) is 2.44. The fourth-order valence-electron chi connectivity index (χ4n) is 2.44. The summed E-state index contributed by atoms with van der Waals surface area (Å²) >= 11 is 0. The van der Waals surface area contributed by atoms with Crippen LogP contribution in [0.5, 0.6) is 0 Å². The number of likely N-dealkylation sites (N-methyl/N-ethyl adjacent to an activating group) is 1. The van der Waals surface area contributed by atoms with Gasteiger partial charge in [0, 0.05) is 13.2 Å². The van der Waals surface area contributed by atoms with Gasteiger partial charge in [-0.25, -0.2) is 0 Å². The molecule has 2 aliphatic rings. The number of rotatable bonds is 8. The lowest BCUT2D eigenvalue weighted by atomic mass is 9.94. The van der Waals surface area contributed by atoms with E-state index in [0.29, 0.717) is 0 Å². The molecule has 2 fully saturated rings. The second-order valence-electron chi connectivity index (χ2n) is 5.80. The number of halogens is 1. The van der Waals surface area contributed by atoms with E-state index >= 15 is 0 Å². The van der Waals surface area contributed by atoms with E-state index in [2.05, 4.69) is 17.3 Å². The van der Waals surface area contributed by atoms with Crippen molar-refractivity contribution in [1.29, 1.82) is 0 Å². The number of piperidine rings is 1. The first-order valence-electron chi connectivity index (χ1n) is 7.31. The standard InChI is InChI=1S/C14H28N2O.ClH/c1-16(10-11-17-12-14-2-3-14)9-6-13-4-7-15-8-5-13;/h13-15H,2-12H2,1H3;1H. The van der Waals surface area contributed by atoms with Gasteiger partial charge >= 0.3 is 0 Å². The second-order valence-corrected chi connectivity index (χ2v) is 5.80. The third-order valence-corrected chi connectivity index (χ3v) is 4.05. The van der Waals surface area contributed by atoms with Crippen molar-refractivity contribution in [2.24, 2.45) is 11.8 Å². The fraction of sp³-hybridized carbons (Fsp3) is 1.00. The number of nitrogens with zero attached hydrogens (tertiary/aromatic N) is 1. The zero-order valence-electron chi connectivity index (χ0n) is 11.7. The van der Waals surface area contributed by atoms with E-state index in [1.54, 1.807) is 0 Å². The molecule has 2 rings (SSSR count). The normalized spacial score (nSPS) is 21.0. The molecule has 0 aromatic heterocycles. The average Bonchev–Trinajstić information content (AvgIpc) is 3.17. The van der Waals surface area contributed by atoms with Crippen molar-refractivity contribution in [1.82, 2.24) is 10.2 Å². The minimum Gasteiger partial charge on any atom is -0.380 e. The zero-order valence-corrected chi connectivity index (χ0v) is 12.5. The minimum atomic E-state index is 0. The first-order valence-corrected chi connectivity index (χ1v) is 7.31. The Morgan fingerprint density at radius 1 is 1.06 bits per heavy atom. The van der Waals surface area contributed by atoms with E-state index in [-0.39, 0.29) is 12.4 Å². The maximum atomic E-state index is 5.67. The third-order valence-electron chi connectivity index (χ3n) is 4.05. The Hall–Kier alpha value is 0.170. The highest BCUT2D eigenvalue weighted by Crippen LogP contribution is 2.28. The lowest BCUT2D eigenvalue weighted by Gasteiger charge is -2.25. The molecule has 1 saturated carbocycles. The largest absolute Gasteiger partial charge is 0.380 e. The molecule has 0 unspecified atom stereocenters. The summed E-state index contributed by atoms with van der Waals surface area (Å²) < 4.78 is 5.67. The van der Waals surface area contributed by atoms with E-state index in [9.17, 15) is 0 Å². The first kappa shape index (κ1) is 16.2. The van der Waals surface area contributed by atoms with Crippen LogP contribution < -0.4 is 5.32 Å². The molecule has 0 bridgehead atoms. The van der Waals surface area contributed by atoms with Gasteiger partial charge in [-0.3, -0.25) is 0 Å². The van der Waals surface area contributed by atoms with Gasteiger partial charge < -0.3 is 15.0 Å². The van der Waals surface area contributed by atoms with Crippen LogP contribution in [0, 0.1) is 11.8 Å². The van der Waals surface area contributed by atoms with Gasteiger partial charge in [0.25, 0.3) is 0 Å². The summed E-state index contributed by atoms with van der Waals surface area (Å²) in [6, 6.07) is 0.